The number of benzene rings is 2. The summed E-state index contributed by atoms with van der Waals surface area (Å²) in [6, 6.07) is 8.01. The number of aromatic carboxylic acids is 2. The molecule has 0 unspecified atom stereocenters. The van der Waals surface area contributed by atoms with Gasteiger partial charge in [0, 0.05) is 0 Å². The van der Waals surface area contributed by atoms with Crippen LogP contribution in [0.15, 0.2) is 46.2 Å². The van der Waals surface area contributed by atoms with Gasteiger partial charge in [0.05, 0.1) is 11.1 Å². The summed E-state index contributed by atoms with van der Waals surface area (Å²) in [6.45, 7) is 0. The van der Waals surface area contributed by atoms with Crippen LogP contribution in [0.4, 0.5) is 0 Å². The van der Waals surface area contributed by atoms with E-state index in [4.69, 9.17) is 4.74 Å². The Morgan fingerprint density at radius 3 is 1.59 bits per heavy atom. The second-order valence-electron chi connectivity index (χ2n) is 4.53. The van der Waals surface area contributed by atoms with Crippen LogP contribution in [0.1, 0.15) is 20.7 Å². The second-order valence-corrected chi connectivity index (χ2v) is 6.44. The van der Waals surface area contributed by atoms with Crippen molar-refractivity contribution >= 4 is 22.5 Å². The van der Waals surface area contributed by atoms with E-state index in [9.17, 15) is 28.9 Å². The van der Waals surface area contributed by atoms with Crippen molar-refractivity contribution in [2.45, 2.75) is 9.79 Å². The third-order valence-corrected chi connectivity index (χ3v) is 5.19. The maximum absolute atomic E-state index is 11.3. The van der Waals surface area contributed by atoms with Gasteiger partial charge >= 0.3 is 11.9 Å². The number of hydrogen-bond acceptors (Lipinski definition) is 5. The number of fused-ring (bicyclic) bond motifs is 2. The van der Waals surface area contributed by atoms with Gasteiger partial charge in [-0.2, -0.15) is 0 Å². The molecule has 0 amide bonds. The first-order chi connectivity index (χ1) is 10.3. The molecule has 0 atom stereocenters. The first kappa shape index (κ1) is 14.4. The van der Waals surface area contributed by atoms with Crippen LogP contribution in [0.2, 0.25) is 0 Å². The molecule has 2 aromatic carbocycles. The fourth-order valence-corrected chi connectivity index (χ4v) is 4.25. The van der Waals surface area contributed by atoms with E-state index >= 15 is 0 Å². The van der Waals surface area contributed by atoms with Gasteiger partial charge in [0.15, 0.2) is 11.5 Å². The van der Waals surface area contributed by atoms with Crippen molar-refractivity contribution in [1.29, 1.82) is 0 Å². The molecule has 1 heterocycles. The van der Waals surface area contributed by atoms with Crippen molar-refractivity contribution in [3.8, 4) is 11.5 Å². The van der Waals surface area contributed by atoms with Gasteiger partial charge in [-0.3, -0.25) is 9.11 Å². The van der Waals surface area contributed by atoms with Gasteiger partial charge in [0.25, 0.3) is 0 Å². The summed E-state index contributed by atoms with van der Waals surface area (Å²) in [5.74, 6) is -2.77. The minimum Gasteiger partial charge on any atom is -0.478 e. The van der Waals surface area contributed by atoms with Gasteiger partial charge in [-0.1, -0.05) is 12.1 Å². The average molecular weight is 322 g/mol. The van der Waals surface area contributed by atoms with E-state index in [2.05, 4.69) is 0 Å². The van der Waals surface area contributed by atoms with Gasteiger partial charge in [-0.15, -0.1) is 10.6 Å². The molecule has 0 spiro atoms. The summed E-state index contributed by atoms with van der Waals surface area (Å²) in [6.07, 6.45) is 0. The summed E-state index contributed by atoms with van der Waals surface area (Å²) >= 11 is 0. The molecule has 0 aromatic heterocycles. The fourth-order valence-electron chi connectivity index (χ4n) is 2.34. The predicted octanol–water partition coefficient (Wildman–Crippen LogP) is 3.36. The highest BCUT2D eigenvalue weighted by Crippen LogP contribution is 2.67. The van der Waals surface area contributed by atoms with Gasteiger partial charge < -0.3 is 14.9 Å². The Labute approximate surface area is 125 Å². The number of carbonyl (C=O) groups is 2. The summed E-state index contributed by atoms with van der Waals surface area (Å²) in [5.41, 5.74) is -0.688. The van der Waals surface area contributed by atoms with Crippen molar-refractivity contribution in [1.82, 2.24) is 0 Å². The molecule has 0 fully saturated rings. The molecule has 8 heteroatoms. The molecule has 1 aliphatic heterocycles. The molecule has 1 aliphatic rings. The molecule has 0 saturated carbocycles. The third kappa shape index (κ3) is 1.93. The monoisotopic (exact) mass is 322 g/mol. The molecular weight excluding hydrogens is 312 g/mol. The van der Waals surface area contributed by atoms with E-state index in [-0.39, 0.29) is 32.4 Å². The number of rotatable bonds is 2. The van der Waals surface area contributed by atoms with E-state index in [1.165, 1.54) is 36.4 Å². The fraction of sp³-hybridized carbons (Fsp3) is 0. The zero-order valence-electron chi connectivity index (χ0n) is 10.9. The molecule has 114 valence electrons. The summed E-state index contributed by atoms with van der Waals surface area (Å²) in [5, 5.41) is 18.4. The van der Waals surface area contributed by atoms with Crippen molar-refractivity contribution in [3.05, 3.63) is 47.5 Å². The van der Waals surface area contributed by atoms with Crippen LogP contribution in [0.5, 0.6) is 11.5 Å². The van der Waals surface area contributed by atoms with Crippen molar-refractivity contribution in [2.75, 3.05) is 0 Å². The number of hydrogen-bond donors (Lipinski definition) is 4. The lowest BCUT2D eigenvalue weighted by Crippen LogP contribution is -2.16. The summed E-state index contributed by atoms with van der Waals surface area (Å²) in [4.78, 5) is 22.0. The van der Waals surface area contributed by atoms with Crippen LogP contribution in [-0.4, -0.2) is 31.3 Å². The van der Waals surface area contributed by atoms with Crippen LogP contribution < -0.4 is 4.74 Å². The first-order valence-electron chi connectivity index (χ1n) is 6.03. The minimum atomic E-state index is -3.84. The summed E-state index contributed by atoms with van der Waals surface area (Å²) in [7, 11) is -3.84. The molecular formula is C14H10O7S. The van der Waals surface area contributed by atoms with Crippen LogP contribution in [0, 0.1) is 0 Å². The molecule has 0 radical (unpaired) electrons. The van der Waals surface area contributed by atoms with Crippen molar-refractivity contribution in [2.24, 2.45) is 0 Å². The van der Waals surface area contributed by atoms with Crippen molar-refractivity contribution < 1.29 is 33.6 Å². The van der Waals surface area contributed by atoms with Crippen LogP contribution >= 0.6 is 10.6 Å². The highest BCUT2D eigenvalue weighted by Gasteiger charge is 2.38. The van der Waals surface area contributed by atoms with Gasteiger partial charge in [0.1, 0.15) is 9.79 Å². The standard InChI is InChI=1S/C14H10O7S/c15-13(16)7-3-1-5-9-11(7)22(19,20)12-8(14(17)18)4-2-6-10(12)21-9/h1-6,19-20H,(H,15,16)(H,17,18). The first-order valence-corrected chi connectivity index (χ1v) is 7.57. The lowest BCUT2D eigenvalue weighted by molar-refractivity contribution is 0.0683. The van der Waals surface area contributed by atoms with Crippen LogP contribution in [0.3, 0.4) is 0 Å². The van der Waals surface area contributed by atoms with E-state index in [0.717, 1.165) is 0 Å². The molecule has 4 N–H and O–H groups in total. The summed E-state index contributed by atoms with van der Waals surface area (Å²) < 4.78 is 26.6. The van der Waals surface area contributed by atoms with E-state index in [0.29, 0.717) is 0 Å². The Morgan fingerprint density at radius 1 is 0.818 bits per heavy atom. The average Bonchev–Trinajstić information content (AvgIpc) is 2.45. The number of ether oxygens (including phenoxy) is 1. The Bertz CT molecular complexity index is 747. The molecule has 22 heavy (non-hydrogen) atoms. The zero-order valence-corrected chi connectivity index (χ0v) is 11.7. The number of carboxylic acid groups (broad SMARTS) is 2. The zero-order chi connectivity index (χ0) is 16.1. The minimum absolute atomic E-state index is 0.0186. The third-order valence-electron chi connectivity index (χ3n) is 3.21. The smallest absolute Gasteiger partial charge is 0.337 e. The van der Waals surface area contributed by atoms with Crippen LogP contribution in [0.25, 0.3) is 0 Å². The maximum atomic E-state index is 11.3. The lowest BCUT2D eigenvalue weighted by Gasteiger charge is -2.39. The Kier molecular flexibility index (Phi) is 3.10. The van der Waals surface area contributed by atoms with Gasteiger partial charge in [-0.25, -0.2) is 9.59 Å². The molecule has 0 saturated heterocycles. The quantitative estimate of drug-likeness (QED) is 0.668. The maximum Gasteiger partial charge on any atom is 0.337 e. The highest BCUT2D eigenvalue weighted by atomic mass is 32.3. The van der Waals surface area contributed by atoms with E-state index in [1.807, 2.05) is 0 Å². The highest BCUT2D eigenvalue weighted by molar-refractivity contribution is 8.24. The lowest BCUT2D eigenvalue weighted by atomic mass is 10.2. The normalized spacial score (nSPS) is 15.9. The second kappa shape index (κ2) is 4.73. The van der Waals surface area contributed by atoms with Gasteiger partial charge in [0.2, 0.25) is 0 Å². The number of carboxylic acids is 2. The predicted molar refractivity (Wildman–Crippen MR) is 76.3 cm³/mol. The van der Waals surface area contributed by atoms with E-state index < -0.39 is 22.5 Å². The largest absolute Gasteiger partial charge is 0.478 e. The molecule has 7 nitrogen and oxygen atoms in total. The topological polar surface area (TPSA) is 124 Å². The van der Waals surface area contributed by atoms with Crippen LogP contribution in [-0.2, 0) is 0 Å². The Balaban J connectivity index is 2.36. The molecule has 2 aromatic rings. The SMILES string of the molecule is O=C(O)c1cccc2c1S(O)(O)c1c(cccc1C(=O)O)O2. The van der Waals surface area contributed by atoms with Gasteiger partial charge in [-0.05, 0) is 24.3 Å². The van der Waals surface area contributed by atoms with E-state index in [1.54, 1.807) is 0 Å². The molecule has 0 aliphatic carbocycles. The Hall–Kier alpha value is -2.55. The molecule has 0 bridgehead atoms. The van der Waals surface area contributed by atoms with Crippen molar-refractivity contribution in [3.63, 3.8) is 0 Å². The Morgan fingerprint density at radius 2 is 1.23 bits per heavy atom. The molecule has 3 rings (SSSR count).